The number of anilines is 1. The average Bonchev–Trinajstić information content (AvgIpc) is 3.20. The Morgan fingerprint density at radius 2 is 1.89 bits per heavy atom. The third kappa shape index (κ3) is 2.26. The number of benzene rings is 1. The molecule has 0 saturated carbocycles. The van der Waals surface area contributed by atoms with E-state index >= 15 is 0 Å². The average molecular weight is 390 g/mol. The van der Waals surface area contributed by atoms with Crippen LogP contribution >= 0.6 is 11.6 Å². The van der Waals surface area contributed by atoms with Crippen LogP contribution in [0, 0.1) is 17.8 Å². The van der Waals surface area contributed by atoms with Gasteiger partial charge in [0.15, 0.2) is 0 Å². The summed E-state index contributed by atoms with van der Waals surface area (Å²) >= 11 is 6.21. The van der Waals surface area contributed by atoms with Crippen LogP contribution in [0.4, 0.5) is 5.69 Å². The molecule has 7 heteroatoms. The van der Waals surface area contributed by atoms with Gasteiger partial charge in [0.25, 0.3) is 0 Å². The summed E-state index contributed by atoms with van der Waals surface area (Å²) < 4.78 is 0. The van der Waals surface area contributed by atoms with Gasteiger partial charge in [-0.3, -0.25) is 24.6 Å². The van der Waals surface area contributed by atoms with Crippen LogP contribution in [0.25, 0.3) is 0 Å². The molecular weight excluding hydrogens is 366 g/mol. The van der Waals surface area contributed by atoms with E-state index in [1.165, 1.54) is 4.90 Å². The normalized spacial score (nSPS) is 33.0. The quantitative estimate of drug-likeness (QED) is 0.778. The van der Waals surface area contributed by atoms with Crippen molar-refractivity contribution in [2.24, 2.45) is 17.8 Å². The van der Waals surface area contributed by atoms with Gasteiger partial charge < -0.3 is 5.32 Å². The molecule has 3 aliphatic rings. The number of carbonyl (C=O) groups excluding carboxylic acids is 3. The van der Waals surface area contributed by atoms with E-state index in [2.05, 4.69) is 10.6 Å². The molecule has 0 aliphatic carbocycles. The first-order valence-electron chi connectivity index (χ1n) is 9.50. The molecule has 3 heterocycles. The fourth-order valence-electron chi connectivity index (χ4n) is 4.92. The molecule has 2 saturated heterocycles. The SMILES string of the molecule is CC[C@@H](C)N1C(=O)[C@@H]2[C@@H](C(C)C)N[C@@]3(C(=O)Nc4ccc(Cl)cc43)[C@@H]2C1=O. The minimum atomic E-state index is -1.26. The van der Waals surface area contributed by atoms with Gasteiger partial charge in [-0.2, -0.15) is 0 Å². The van der Waals surface area contributed by atoms with E-state index in [0.29, 0.717) is 22.7 Å². The second kappa shape index (κ2) is 6.04. The van der Waals surface area contributed by atoms with E-state index in [0.717, 1.165) is 0 Å². The Bertz CT molecular complexity index is 855. The summed E-state index contributed by atoms with van der Waals surface area (Å²) in [5.41, 5.74) is 0.0435. The molecule has 6 nitrogen and oxygen atoms in total. The lowest BCUT2D eigenvalue weighted by molar-refractivity contribution is -0.145. The Kier molecular flexibility index (Phi) is 4.13. The highest BCUT2D eigenvalue weighted by Crippen LogP contribution is 2.54. The Morgan fingerprint density at radius 1 is 1.19 bits per heavy atom. The third-order valence-corrected chi connectivity index (χ3v) is 6.63. The van der Waals surface area contributed by atoms with Crippen molar-refractivity contribution in [3.05, 3.63) is 28.8 Å². The maximum Gasteiger partial charge on any atom is 0.250 e. The van der Waals surface area contributed by atoms with Gasteiger partial charge in [-0.05, 0) is 37.5 Å². The molecule has 4 rings (SSSR count). The highest BCUT2D eigenvalue weighted by atomic mass is 35.5. The van der Waals surface area contributed by atoms with Crippen LogP contribution in [0.2, 0.25) is 5.02 Å². The highest BCUT2D eigenvalue weighted by Gasteiger charge is 2.71. The summed E-state index contributed by atoms with van der Waals surface area (Å²) in [6, 6.07) is 4.72. The van der Waals surface area contributed by atoms with Crippen molar-refractivity contribution in [2.75, 3.05) is 5.32 Å². The van der Waals surface area contributed by atoms with E-state index in [4.69, 9.17) is 11.6 Å². The molecule has 27 heavy (non-hydrogen) atoms. The van der Waals surface area contributed by atoms with Gasteiger partial charge in [-0.15, -0.1) is 0 Å². The van der Waals surface area contributed by atoms with Gasteiger partial charge in [0.05, 0.1) is 11.8 Å². The summed E-state index contributed by atoms with van der Waals surface area (Å²) in [6.07, 6.45) is 0.679. The number of nitrogens with one attached hydrogen (secondary N) is 2. The van der Waals surface area contributed by atoms with E-state index in [1.54, 1.807) is 18.2 Å². The van der Waals surface area contributed by atoms with Crippen molar-refractivity contribution in [2.45, 2.75) is 51.7 Å². The van der Waals surface area contributed by atoms with E-state index in [-0.39, 0.29) is 35.7 Å². The second-order valence-corrected chi connectivity index (χ2v) is 8.61. The summed E-state index contributed by atoms with van der Waals surface area (Å²) in [5, 5.41) is 6.77. The molecule has 2 N–H and O–H groups in total. The van der Waals surface area contributed by atoms with Gasteiger partial charge in [0.1, 0.15) is 5.54 Å². The van der Waals surface area contributed by atoms with Crippen LogP contribution < -0.4 is 10.6 Å². The van der Waals surface area contributed by atoms with Gasteiger partial charge in [0, 0.05) is 28.4 Å². The number of likely N-dealkylation sites (tertiary alicyclic amines) is 1. The lowest BCUT2D eigenvalue weighted by Gasteiger charge is -2.31. The summed E-state index contributed by atoms with van der Waals surface area (Å²) in [5.74, 6) is -1.96. The maximum atomic E-state index is 13.4. The smallest absolute Gasteiger partial charge is 0.250 e. The monoisotopic (exact) mass is 389 g/mol. The molecule has 1 aromatic rings. The van der Waals surface area contributed by atoms with Crippen LogP contribution in [-0.4, -0.2) is 34.7 Å². The second-order valence-electron chi connectivity index (χ2n) is 8.17. The largest absolute Gasteiger partial charge is 0.324 e. The molecule has 0 bridgehead atoms. The summed E-state index contributed by atoms with van der Waals surface area (Å²) in [6.45, 7) is 7.83. The van der Waals surface area contributed by atoms with Crippen LogP contribution in [0.3, 0.4) is 0 Å². The molecule has 1 aromatic carbocycles. The van der Waals surface area contributed by atoms with Crippen molar-refractivity contribution in [3.8, 4) is 0 Å². The Balaban J connectivity index is 1.92. The number of fused-ring (bicyclic) bond motifs is 4. The molecular formula is C20H24ClN3O3. The van der Waals surface area contributed by atoms with Crippen LogP contribution in [0.15, 0.2) is 18.2 Å². The minimum Gasteiger partial charge on any atom is -0.324 e. The predicted molar refractivity (Wildman–Crippen MR) is 102 cm³/mol. The van der Waals surface area contributed by atoms with Crippen LogP contribution in [-0.2, 0) is 19.9 Å². The summed E-state index contributed by atoms with van der Waals surface area (Å²) in [7, 11) is 0. The zero-order valence-electron chi connectivity index (χ0n) is 15.9. The van der Waals surface area contributed by atoms with Gasteiger partial charge >= 0.3 is 0 Å². The standard InChI is InChI=1S/C20H24ClN3O3/c1-5-10(4)24-17(25)14-15(18(24)26)20(23-16(14)9(2)3)12-8-11(21)6-7-13(12)22-19(20)27/h6-10,14-16,23H,5H2,1-4H3,(H,22,27)/t10-,14+,15+,16-,20-/m1/s1. The zero-order valence-corrected chi connectivity index (χ0v) is 16.6. The fraction of sp³-hybridized carbons (Fsp3) is 0.550. The van der Waals surface area contributed by atoms with E-state index < -0.39 is 17.4 Å². The molecule has 0 unspecified atom stereocenters. The predicted octanol–water partition coefficient (Wildman–Crippen LogP) is 2.51. The Labute approximate surface area is 163 Å². The topological polar surface area (TPSA) is 78.5 Å². The van der Waals surface area contributed by atoms with Crippen LogP contribution in [0.5, 0.6) is 0 Å². The van der Waals surface area contributed by atoms with Crippen molar-refractivity contribution >= 4 is 35.0 Å². The van der Waals surface area contributed by atoms with E-state index in [1.807, 2.05) is 27.7 Å². The molecule has 3 amide bonds. The number of halogens is 1. The number of hydrogen-bond donors (Lipinski definition) is 2. The molecule has 3 aliphatic heterocycles. The first-order valence-corrected chi connectivity index (χ1v) is 9.87. The van der Waals surface area contributed by atoms with Gasteiger partial charge in [-0.25, -0.2) is 0 Å². The number of nitrogens with zero attached hydrogens (tertiary/aromatic N) is 1. The summed E-state index contributed by atoms with van der Waals surface area (Å²) in [4.78, 5) is 41.2. The van der Waals surface area contributed by atoms with E-state index in [9.17, 15) is 14.4 Å². The Morgan fingerprint density at radius 3 is 2.52 bits per heavy atom. The van der Waals surface area contributed by atoms with Crippen molar-refractivity contribution in [3.63, 3.8) is 0 Å². The molecule has 5 atom stereocenters. The number of rotatable bonds is 3. The molecule has 0 aromatic heterocycles. The lowest BCUT2D eigenvalue weighted by Crippen LogP contribution is -2.54. The minimum absolute atomic E-state index is 0.0848. The fourth-order valence-corrected chi connectivity index (χ4v) is 5.09. The van der Waals surface area contributed by atoms with Crippen LogP contribution in [0.1, 0.15) is 39.7 Å². The molecule has 0 radical (unpaired) electrons. The first kappa shape index (κ1) is 18.4. The maximum absolute atomic E-state index is 13.4. The Hall–Kier alpha value is -1.92. The molecule has 144 valence electrons. The van der Waals surface area contributed by atoms with Crippen molar-refractivity contribution in [1.29, 1.82) is 0 Å². The van der Waals surface area contributed by atoms with Gasteiger partial charge in [-0.1, -0.05) is 32.4 Å². The lowest BCUT2D eigenvalue weighted by atomic mass is 9.76. The first-order chi connectivity index (χ1) is 12.7. The van der Waals surface area contributed by atoms with Gasteiger partial charge in [0.2, 0.25) is 17.7 Å². The number of imide groups is 1. The van der Waals surface area contributed by atoms with Crippen molar-refractivity contribution in [1.82, 2.24) is 10.2 Å². The third-order valence-electron chi connectivity index (χ3n) is 6.40. The molecule has 1 spiro atoms. The number of carbonyl (C=O) groups is 3. The highest BCUT2D eigenvalue weighted by molar-refractivity contribution is 6.31. The van der Waals surface area contributed by atoms with Crippen molar-refractivity contribution < 1.29 is 14.4 Å². The molecule has 2 fully saturated rings. The number of amides is 3. The zero-order chi connectivity index (χ0) is 19.7. The number of hydrogen-bond acceptors (Lipinski definition) is 4.